The van der Waals surface area contributed by atoms with Gasteiger partial charge in [0.05, 0.1) is 0 Å². The van der Waals surface area contributed by atoms with Crippen molar-refractivity contribution in [2.75, 3.05) is 0 Å². The summed E-state index contributed by atoms with van der Waals surface area (Å²) in [6.45, 7) is 7.43. The zero-order valence-corrected chi connectivity index (χ0v) is 28.2. The van der Waals surface area contributed by atoms with Crippen molar-refractivity contribution in [3.05, 3.63) is 55.7 Å². The van der Waals surface area contributed by atoms with E-state index in [0.29, 0.717) is 0 Å². The summed E-state index contributed by atoms with van der Waals surface area (Å²) in [4.78, 5) is 0. The second kappa shape index (κ2) is 16.1. The molecule has 5 aliphatic rings. The number of fused-ring (bicyclic) bond motifs is 2. The van der Waals surface area contributed by atoms with Crippen LogP contribution in [-0.4, -0.2) is 5.25 Å². The Kier molecular flexibility index (Phi) is 14.8. The van der Waals surface area contributed by atoms with Crippen molar-refractivity contribution in [1.29, 1.82) is 0 Å². The SMILES string of the molecule is C1CCC1.Cc1ccccc1C1=CSC2C1CC(C)C2CC1C(C)CC2CCCCC21.[CH3-].[CH3-].[Cl][Zr+2][Cl]. The molecule has 1 aliphatic heterocycles. The Morgan fingerprint density at radius 2 is 1.47 bits per heavy atom. The predicted octanol–water partition coefficient (Wildman–Crippen LogP) is 11.4. The van der Waals surface area contributed by atoms with E-state index in [9.17, 15) is 0 Å². The van der Waals surface area contributed by atoms with Crippen molar-refractivity contribution in [3.8, 4) is 0 Å². The van der Waals surface area contributed by atoms with Crippen molar-refractivity contribution in [3.63, 3.8) is 0 Å². The van der Waals surface area contributed by atoms with Crippen LogP contribution in [0.3, 0.4) is 0 Å². The Hall–Kier alpha value is 0.773. The molecule has 1 aromatic carbocycles. The van der Waals surface area contributed by atoms with Gasteiger partial charge in [0.25, 0.3) is 0 Å². The molecule has 4 aliphatic carbocycles. The van der Waals surface area contributed by atoms with E-state index in [1.54, 1.807) is 5.57 Å². The van der Waals surface area contributed by atoms with E-state index in [-0.39, 0.29) is 14.9 Å². The van der Waals surface area contributed by atoms with Crippen molar-refractivity contribution in [2.45, 2.75) is 96.7 Å². The summed E-state index contributed by atoms with van der Waals surface area (Å²) in [6, 6.07) is 9.04. The molecule has 0 N–H and O–H groups in total. The van der Waals surface area contributed by atoms with Crippen LogP contribution in [0.4, 0.5) is 0 Å². The first kappa shape index (κ1) is 33.0. The number of thioether (sulfide) groups is 1. The van der Waals surface area contributed by atoms with Gasteiger partial charge in [0.2, 0.25) is 0 Å². The van der Waals surface area contributed by atoms with E-state index in [1.807, 2.05) is 0 Å². The fraction of sp³-hybridized carbons (Fsp3) is 0.688. The summed E-state index contributed by atoms with van der Waals surface area (Å²) < 4.78 is 0. The Labute approximate surface area is 247 Å². The second-order valence-electron chi connectivity index (χ2n) is 11.8. The molecule has 8 atom stereocenters. The molecule has 202 valence electrons. The first-order chi connectivity index (χ1) is 16.5. The van der Waals surface area contributed by atoms with Gasteiger partial charge in [-0.2, -0.15) is 0 Å². The van der Waals surface area contributed by atoms with E-state index in [2.05, 4.69) is 62.2 Å². The fourth-order valence-electron chi connectivity index (χ4n) is 7.74. The number of allylic oxidation sites excluding steroid dienone is 1. The van der Waals surface area contributed by atoms with Crippen molar-refractivity contribution >= 4 is 34.4 Å². The second-order valence-corrected chi connectivity index (χ2v) is 16.6. The van der Waals surface area contributed by atoms with Crippen LogP contribution in [0.15, 0.2) is 29.7 Å². The first-order valence-corrected chi connectivity index (χ1v) is 21.2. The zero-order valence-electron chi connectivity index (χ0n) is 23.4. The molecule has 4 fully saturated rings. The van der Waals surface area contributed by atoms with Crippen molar-refractivity contribution in [1.82, 2.24) is 0 Å². The van der Waals surface area contributed by atoms with E-state index < -0.39 is 20.8 Å². The molecule has 0 saturated heterocycles. The van der Waals surface area contributed by atoms with Crippen LogP contribution in [0.2, 0.25) is 0 Å². The minimum absolute atomic E-state index is 0. The summed E-state index contributed by atoms with van der Waals surface area (Å²) in [7, 11) is 9.87. The van der Waals surface area contributed by atoms with Crippen LogP contribution < -0.4 is 0 Å². The summed E-state index contributed by atoms with van der Waals surface area (Å²) in [5, 5.41) is 3.39. The maximum atomic E-state index is 4.93. The molecule has 1 aromatic rings. The van der Waals surface area contributed by atoms with Crippen molar-refractivity contribution in [2.24, 2.45) is 41.4 Å². The normalized spacial score (nSPS) is 35.5. The van der Waals surface area contributed by atoms with Crippen LogP contribution in [0.5, 0.6) is 0 Å². The van der Waals surface area contributed by atoms with Gasteiger partial charge in [-0.15, -0.1) is 11.8 Å². The molecule has 0 nitrogen and oxygen atoms in total. The monoisotopic (exact) mass is 626 g/mol. The Bertz CT molecular complexity index is 803. The molecule has 36 heavy (non-hydrogen) atoms. The molecule has 1 heterocycles. The third-order valence-corrected chi connectivity index (χ3v) is 11.2. The Balaban J connectivity index is 0.000000448. The van der Waals surface area contributed by atoms with Gasteiger partial charge in [-0.25, -0.2) is 0 Å². The standard InChI is InChI=1S/C26H36S.C4H8.2CH3.2ClH.Zr/c1-16-8-4-6-10-20(16)25-15-27-26-23(18(3)13-24(25)26)14-22-17(2)12-19-9-5-7-11-21(19)22;1-2-4-3-1;;;;;/h4,6,8,10,15,17-19,21-24,26H,5,7,9,11-14H2,1-3H3;1-4H2;2*1H3;2*1H;/q;;2*-1;;;+4/p-2. The molecular weight excluding hydrogens is 579 g/mol. The van der Waals surface area contributed by atoms with Gasteiger partial charge < -0.3 is 14.9 Å². The van der Waals surface area contributed by atoms with Crippen LogP contribution in [0.1, 0.15) is 95.6 Å². The molecule has 0 amide bonds. The number of rotatable bonds is 3. The summed E-state index contributed by atoms with van der Waals surface area (Å²) in [5.41, 5.74) is 4.63. The molecular formula is C32H50Cl2SZr. The maximum absolute atomic E-state index is 4.93. The number of hydrogen-bond acceptors (Lipinski definition) is 1. The molecule has 4 saturated carbocycles. The van der Waals surface area contributed by atoms with Gasteiger partial charge in [0.15, 0.2) is 0 Å². The van der Waals surface area contributed by atoms with Gasteiger partial charge in [-0.1, -0.05) is 83.1 Å². The van der Waals surface area contributed by atoms with Gasteiger partial charge in [-0.05, 0) is 96.1 Å². The predicted molar refractivity (Wildman–Crippen MR) is 162 cm³/mol. The summed E-state index contributed by atoms with van der Waals surface area (Å²) in [6.07, 6.45) is 16.5. The molecule has 6 rings (SSSR count). The van der Waals surface area contributed by atoms with Crippen molar-refractivity contribution < 1.29 is 20.8 Å². The van der Waals surface area contributed by atoms with Gasteiger partial charge >= 0.3 is 37.9 Å². The number of hydrogen-bond donors (Lipinski definition) is 0. The van der Waals surface area contributed by atoms with E-state index in [0.717, 1.165) is 46.7 Å². The first-order valence-electron chi connectivity index (χ1n) is 13.9. The zero-order chi connectivity index (χ0) is 24.1. The van der Waals surface area contributed by atoms with Gasteiger partial charge in [-0.3, -0.25) is 0 Å². The third-order valence-electron chi connectivity index (χ3n) is 9.85. The van der Waals surface area contributed by atoms with Gasteiger partial charge in [0.1, 0.15) is 0 Å². The number of halogens is 2. The molecule has 4 heteroatoms. The Morgan fingerprint density at radius 3 is 2.11 bits per heavy atom. The quantitative estimate of drug-likeness (QED) is 0.300. The summed E-state index contributed by atoms with van der Waals surface area (Å²) >= 11 is 1.36. The average molecular weight is 629 g/mol. The van der Waals surface area contributed by atoms with Crippen LogP contribution in [0, 0.1) is 63.2 Å². The summed E-state index contributed by atoms with van der Waals surface area (Å²) in [5.74, 6) is 6.76. The number of aryl methyl sites for hydroxylation is 1. The molecule has 8 unspecified atom stereocenters. The fourth-order valence-corrected chi connectivity index (χ4v) is 9.37. The number of benzene rings is 1. The topological polar surface area (TPSA) is 0 Å². The molecule has 0 bridgehead atoms. The van der Waals surface area contributed by atoms with Crippen LogP contribution in [0.25, 0.3) is 5.57 Å². The molecule has 0 spiro atoms. The average Bonchev–Trinajstić information content (AvgIpc) is 3.41. The third kappa shape index (κ3) is 7.70. The molecule has 0 aromatic heterocycles. The van der Waals surface area contributed by atoms with Crippen LogP contribution in [-0.2, 0) is 20.8 Å². The van der Waals surface area contributed by atoms with Gasteiger partial charge in [0, 0.05) is 5.25 Å². The minimum atomic E-state index is -0.826. The Morgan fingerprint density at radius 1 is 0.861 bits per heavy atom. The van der Waals surface area contributed by atoms with Crippen LogP contribution >= 0.6 is 28.8 Å². The van der Waals surface area contributed by atoms with E-state index in [1.165, 1.54) is 81.8 Å². The van der Waals surface area contributed by atoms with E-state index in [4.69, 9.17) is 17.0 Å². The molecule has 0 radical (unpaired) electrons. The van der Waals surface area contributed by atoms with E-state index >= 15 is 0 Å².